The molecule has 0 bridgehead atoms. The summed E-state index contributed by atoms with van der Waals surface area (Å²) in [6.07, 6.45) is 0.262. The van der Waals surface area contributed by atoms with E-state index in [0.717, 1.165) is 17.0 Å². The van der Waals surface area contributed by atoms with Crippen molar-refractivity contribution in [2.24, 2.45) is 0 Å². The Morgan fingerprint density at radius 2 is 1.77 bits per heavy atom. The van der Waals surface area contributed by atoms with E-state index in [4.69, 9.17) is 19.5 Å². The van der Waals surface area contributed by atoms with E-state index >= 15 is 0 Å². The number of benzene rings is 2. The van der Waals surface area contributed by atoms with Crippen LogP contribution in [-0.2, 0) is 11.3 Å². The van der Waals surface area contributed by atoms with Crippen LogP contribution in [0.5, 0.6) is 17.2 Å². The summed E-state index contributed by atoms with van der Waals surface area (Å²) in [5, 5.41) is 8.99. The summed E-state index contributed by atoms with van der Waals surface area (Å²) in [5.74, 6) is 2.00. The molecule has 0 N–H and O–H groups in total. The lowest BCUT2D eigenvalue weighted by molar-refractivity contribution is -0.119. The van der Waals surface area contributed by atoms with Crippen LogP contribution in [-0.4, -0.2) is 51.8 Å². The van der Waals surface area contributed by atoms with E-state index in [1.54, 1.807) is 19.1 Å². The zero-order valence-corrected chi connectivity index (χ0v) is 18.1. The van der Waals surface area contributed by atoms with Gasteiger partial charge in [0, 0.05) is 18.8 Å². The van der Waals surface area contributed by atoms with Crippen molar-refractivity contribution in [2.45, 2.75) is 19.9 Å². The molecule has 2 aromatic carbocycles. The lowest BCUT2D eigenvalue weighted by Gasteiger charge is -2.25. The maximum Gasteiger partial charge on any atom is 0.241 e. The maximum atomic E-state index is 13.0. The third kappa shape index (κ3) is 6.39. The number of ether oxygens (including phenoxy) is 3. The standard InChI is InChI=1S/C23H29N3O4/c1-5-30-20-10-8-19(9-11-20)26(14-6-13-24)23(27)17-25(2)16-18-7-12-21(28-3)22(15-18)29-4/h7-12,15H,5-6,14,16-17H2,1-4H3. The van der Waals surface area contributed by atoms with Crippen molar-refractivity contribution in [3.8, 4) is 23.3 Å². The quantitative estimate of drug-likeness (QED) is 0.564. The van der Waals surface area contributed by atoms with Crippen LogP contribution < -0.4 is 19.1 Å². The molecule has 0 spiro atoms. The Morgan fingerprint density at radius 3 is 2.37 bits per heavy atom. The molecular formula is C23H29N3O4. The predicted octanol–water partition coefficient (Wildman–Crippen LogP) is 3.48. The number of rotatable bonds is 11. The summed E-state index contributed by atoms with van der Waals surface area (Å²) < 4.78 is 16.1. The van der Waals surface area contributed by atoms with Crippen LogP contribution in [0.2, 0.25) is 0 Å². The zero-order chi connectivity index (χ0) is 21.9. The molecule has 0 saturated heterocycles. The van der Waals surface area contributed by atoms with E-state index in [0.29, 0.717) is 31.2 Å². The Kier molecular flexibility index (Phi) is 8.98. The van der Waals surface area contributed by atoms with Crippen molar-refractivity contribution >= 4 is 11.6 Å². The van der Waals surface area contributed by atoms with E-state index in [2.05, 4.69) is 6.07 Å². The van der Waals surface area contributed by atoms with Crippen molar-refractivity contribution in [1.29, 1.82) is 5.26 Å². The molecule has 2 aromatic rings. The van der Waals surface area contributed by atoms with Gasteiger partial charge in [-0.2, -0.15) is 5.26 Å². The molecule has 7 nitrogen and oxygen atoms in total. The summed E-state index contributed by atoms with van der Waals surface area (Å²) in [5.41, 5.74) is 1.76. The molecule has 160 valence electrons. The van der Waals surface area contributed by atoms with Gasteiger partial charge in [-0.05, 0) is 55.9 Å². The molecule has 0 saturated carbocycles. The summed E-state index contributed by atoms with van der Waals surface area (Å²) in [6, 6.07) is 15.2. The van der Waals surface area contributed by atoms with Gasteiger partial charge in [0.15, 0.2) is 11.5 Å². The maximum absolute atomic E-state index is 13.0. The number of amides is 1. The number of hydrogen-bond donors (Lipinski definition) is 0. The van der Waals surface area contributed by atoms with Crippen molar-refractivity contribution in [3.05, 3.63) is 48.0 Å². The van der Waals surface area contributed by atoms with Crippen molar-refractivity contribution in [2.75, 3.05) is 45.9 Å². The minimum absolute atomic E-state index is 0.0719. The molecule has 0 atom stereocenters. The number of nitriles is 1. The molecule has 0 aromatic heterocycles. The molecule has 0 aliphatic carbocycles. The van der Waals surface area contributed by atoms with E-state index in [1.807, 2.05) is 61.3 Å². The molecule has 0 heterocycles. The molecule has 2 rings (SSSR count). The van der Waals surface area contributed by atoms with Gasteiger partial charge in [0.1, 0.15) is 5.75 Å². The first-order valence-corrected chi connectivity index (χ1v) is 9.82. The lowest BCUT2D eigenvalue weighted by atomic mass is 10.2. The fourth-order valence-corrected chi connectivity index (χ4v) is 3.11. The first kappa shape index (κ1) is 23.0. The van der Waals surface area contributed by atoms with Crippen molar-refractivity contribution in [1.82, 2.24) is 4.90 Å². The first-order chi connectivity index (χ1) is 14.5. The van der Waals surface area contributed by atoms with E-state index in [-0.39, 0.29) is 18.9 Å². The highest BCUT2D eigenvalue weighted by molar-refractivity contribution is 5.94. The monoisotopic (exact) mass is 411 g/mol. The topological polar surface area (TPSA) is 75.0 Å². The minimum Gasteiger partial charge on any atom is -0.494 e. The summed E-state index contributed by atoms with van der Waals surface area (Å²) in [4.78, 5) is 16.6. The minimum atomic E-state index is -0.0719. The number of carbonyl (C=O) groups is 1. The molecule has 1 amide bonds. The van der Waals surface area contributed by atoms with E-state index in [1.165, 1.54) is 0 Å². The second kappa shape index (κ2) is 11.7. The van der Waals surface area contributed by atoms with E-state index in [9.17, 15) is 4.79 Å². The van der Waals surface area contributed by atoms with Crippen molar-refractivity contribution in [3.63, 3.8) is 0 Å². The fraction of sp³-hybridized carbons (Fsp3) is 0.391. The number of carbonyl (C=O) groups excluding carboxylic acids is 1. The number of nitrogens with zero attached hydrogens (tertiary/aromatic N) is 3. The molecule has 0 radical (unpaired) electrons. The molecule has 0 unspecified atom stereocenters. The van der Waals surface area contributed by atoms with Gasteiger partial charge in [-0.15, -0.1) is 0 Å². The lowest BCUT2D eigenvalue weighted by Crippen LogP contribution is -2.39. The zero-order valence-electron chi connectivity index (χ0n) is 18.1. The Hall–Kier alpha value is -3.24. The van der Waals surface area contributed by atoms with Gasteiger partial charge in [0.25, 0.3) is 0 Å². The highest BCUT2D eigenvalue weighted by Gasteiger charge is 2.18. The highest BCUT2D eigenvalue weighted by atomic mass is 16.5. The Bertz CT molecular complexity index is 862. The Morgan fingerprint density at radius 1 is 1.07 bits per heavy atom. The van der Waals surface area contributed by atoms with Crippen LogP contribution in [0.15, 0.2) is 42.5 Å². The number of hydrogen-bond acceptors (Lipinski definition) is 6. The van der Waals surface area contributed by atoms with Crippen LogP contribution in [0.25, 0.3) is 0 Å². The van der Waals surface area contributed by atoms with Gasteiger partial charge < -0.3 is 19.1 Å². The van der Waals surface area contributed by atoms with Crippen LogP contribution in [0, 0.1) is 11.3 Å². The summed E-state index contributed by atoms with van der Waals surface area (Å²) in [6.45, 7) is 3.63. The van der Waals surface area contributed by atoms with Crippen LogP contribution in [0.1, 0.15) is 18.9 Å². The number of anilines is 1. The van der Waals surface area contributed by atoms with Crippen LogP contribution >= 0.6 is 0 Å². The van der Waals surface area contributed by atoms with Gasteiger partial charge in [0.05, 0.1) is 39.9 Å². The van der Waals surface area contributed by atoms with E-state index < -0.39 is 0 Å². The largest absolute Gasteiger partial charge is 0.494 e. The first-order valence-electron chi connectivity index (χ1n) is 9.82. The smallest absolute Gasteiger partial charge is 0.241 e. The third-order valence-electron chi connectivity index (χ3n) is 4.51. The molecule has 0 aliphatic heterocycles. The SMILES string of the molecule is CCOc1ccc(N(CCC#N)C(=O)CN(C)Cc2ccc(OC)c(OC)c2)cc1. The second-order valence-electron chi connectivity index (χ2n) is 6.74. The molecule has 0 fully saturated rings. The van der Waals surface area contributed by atoms with Gasteiger partial charge in [-0.3, -0.25) is 9.69 Å². The average molecular weight is 412 g/mol. The number of methoxy groups -OCH3 is 2. The predicted molar refractivity (Wildman–Crippen MR) is 116 cm³/mol. The molecule has 30 heavy (non-hydrogen) atoms. The molecule has 7 heteroatoms. The van der Waals surface area contributed by atoms with Gasteiger partial charge in [0.2, 0.25) is 5.91 Å². The fourth-order valence-electron chi connectivity index (χ4n) is 3.11. The summed E-state index contributed by atoms with van der Waals surface area (Å²) >= 11 is 0. The summed E-state index contributed by atoms with van der Waals surface area (Å²) in [7, 11) is 5.08. The number of likely N-dealkylation sites (N-methyl/N-ethyl adjacent to an activating group) is 1. The molecular weight excluding hydrogens is 382 g/mol. The van der Waals surface area contributed by atoms with Crippen molar-refractivity contribution < 1.29 is 19.0 Å². The average Bonchev–Trinajstić information content (AvgIpc) is 2.75. The van der Waals surface area contributed by atoms with Crippen LogP contribution in [0.4, 0.5) is 5.69 Å². The van der Waals surface area contributed by atoms with Crippen LogP contribution in [0.3, 0.4) is 0 Å². The Labute approximate surface area is 178 Å². The van der Waals surface area contributed by atoms with Gasteiger partial charge in [-0.1, -0.05) is 6.07 Å². The highest BCUT2D eigenvalue weighted by Crippen LogP contribution is 2.28. The van der Waals surface area contributed by atoms with Gasteiger partial charge in [-0.25, -0.2) is 0 Å². The normalized spacial score (nSPS) is 10.4. The third-order valence-corrected chi connectivity index (χ3v) is 4.51. The second-order valence-corrected chi connectivity index (χ2v) is 6.74. The van der Waals surface area contributed by atoms with Gasteiger partial charge >= 0.3 is 0 Å². The Balaban J connectivity index is 2.08. The molecule has 0 aliphatic rings.